The molecule has 0 rings (SSSR count). The lowest BCUT2D eigenvalue weighted by molar-refractivity contribution is -0.142. The Morgan fingerprint density at radius 2 is 2.07 bits per heavy atom. The molecule has 0 bridgehead atoms. The third-order valence-electron chi connectivity index (χ3n) is 1.96. The van der Waals surface area contributed by atoms with Gasteiger partial charge in [0.1, 0.15) is 0 Å². The molecule has 5 nitrogen and oxygen atoms in total. The lowest BCUT2D eigenvalue weighted by Gasteiger charge is -2.17. The Labute approximate surface area is 84.4 Å². The molecule has 1 N–H and O–H groups in total. The molecule has 0 spiro atoms. The molecule has 0 heterocycles. The molecule has 0 fully saturated rings. The van der Waals surface area contributed by atoms with Gasteiger partial charge >= 0.3 is 5.97 Å². The summed E-state index contributed by atoms with van der Waals surface area (Å²) >= 11 is 0. The van der Waals surface area contributed by atoms with Gasteiger partial charge in [0.25, 0.3) is 0 Å². The van der Waals surface area contributed by atoms with Crippen LogP contribution in [-0.2, 0) is 14.3 Å². The third-order valence-corrected chi connectivity index (χ3v) is 1.96. The predicted octanol–water partition coefficient (Wildman–Crippen LogP) is -0.383. The number of nitrogens with one attached hydrogen (secondary N) is 1. The third kappa shape index (κ3) is 5.53. The fraction of sp³-hybridized carbons (Fsp3) is 0.778. The molecule has 0 saturated heterocycles. The maximum Gasteiger partial charge on any atom is 0.319 e. The number of carbonyl (C=O) groups excluding carboxylic acids is 2. The summed E-state index contributed by atoms with van der Waals surface area (Å²) in [5, 5.41) is 2.53. The van der Waals surface area contributed by atoms with Gasteiger partial charge in [-0.3, -0.25) is 14.5 Å². The maximum absolute atomic E-state index is 10.9. The highest BCUT2D eigenvalue weighted by atomic mass is 16.5. The van der Waals surface area contributed by atoms with E-state index in [1.54, 1.807) is 7.05 Å². The van der Waals surface area contributed by atoms with Gasteiger partial charge in [0.05, 0.1) is 13.7 Å². The molecule has 0 radical (unpaired) electrons. The fourth-order valence-corrected chi connectivity index (χ4v) is 0.981. The monoisotopic (exact) mass is 202 g/mol. The van der Waals surface area contributed by atoms with Crippen LogP contribution in [0, 0.1) is 0 Å². The molecule has 5 heteroatoms. The van der Waals surface area contributed by atoms with Crippen molar-refractivity contribution in [1.29, 1.82) is 0 Å². The molecular weight excluding hydrogens is 184 g/mol. The summed E-state index contributed by atoms with van der Waals surface area (Å²) < 4.78 is 4.53. The number of amides is 1. The van der Waals surface area contributed by atoms with E-state index in [1.165, 1.54) is 7.11 Å². The molecular formula is C9H18N2O3. The van der Waals surface area contributed by atoms with Crippen LogP contribution in [0.15, 0.2) is 0 Å². The van der Waals surface area contributed by atoms with Crippen molar-refractivity contribution in [2.45, 2.75) is 13.3 Å². The topological polar surface area (TPSA) is 58.6 Å². The Morgan fingerprint density at radius 1 is 1.43 bits per heavy atom. The Balaban J connectivity index is 3.79. The van der Waals surface area contributed by atoms with Gasteiger partial charge in [0.2, 0.25) is 5.91 Å². The van der Waals surface area contributed by atoms with E-state index in [1.807, 2.05) is 11.8 Å². The molecule has 0 aromatic carbocycles. The Morgan fingerprint density at radius 3 is 2.50 bits per heavy atom. The normalized spacial score (nSPS) is 10.0. The lowest BCUT2D eigenvalue weighted by atomic mass is 10.3. The van der Waals surface area contributed by atoms with Gasteiger partial charge in [-0.2, -0.15) is 0 Å². The van der Waals surface area contributed by atoms with Crippen LogP contribution in [0.4, 0.5) is 0 Å². The minimum Gasteiger partial charge on any atom is -0.468 e. The van der Waals surface area contributed by atoms with Crippen molar-refractivity contribution in [3.8, 4) is 0 Å². The highest BCUT2D eigenvalue weighted by Gasteiger charge is 2.09. The number of carbonyl (C=O) groups is 2. The van der Waals surface area contributed by atoms with Gasteiger partial charge in [-0.15, -0.1) is 0 Å². The van der Waals surface area contributed by atoms with Crippen LogP contribution in [0.3, 0.4) is 0 Å². The first kappa shape index (κ1) is 12.9. The van der Waals surface area contributed by atoms with Gasteiger partial charge in [-0.25, -0.2) is 0 Å². The fourth-order valence-electron chi connectivity index (χ4n) is 0.981. The first-order chi connectivity index (χ1) is 6.63. The number of ether oxygens (including phenoxy) is 1. The van der Waals surface area contributed by atoms with Crippen molar-refractivity contribution < 1.29 is 14.3 Å². The van der Waals surface area contributed by atoms with E-state index in [0.29, 0.717) is 13.0 Å². The average Bonchev–Trinajstić information content (AvgIpc) is 2.22. The van der Waals surface area contributed by atoms with Crippen LogP contribution in [-0.4, -0.2) is 50.6 Å². The minimum atomic E-state index is -0.274. The minimum absolute atomic E-state index is 0.0201. The highest BCUT2D eigenvalue weighted by molar-refractivity contribution is 5.76. The summed E-state index contributed by atoms with van der Waals surface area (Å²) in [7, 11) is 2.95. The molecule has 0 aromatic heterocycles. The van der Waals surface area contributed by atoms with Crippen LogP contribution in [0.1, 0.15) is 13.3 Å². The summed E-state index contributed by atoms with van der Waals surface area (Å²) in [4.78, 5) is 23.7. The highest BCUT2D eigenvalue weighted by Crippen LogP contribution is 1.92. The van der Waals surface area contributed by atoms with Crippen LogP contribution in [0.5, 0.6) is 0 Å². The zero-order valence-corrected chi connectivity index (χ0v) is 9.00. The molecule has 0 aliphatic carbocycles. The first-order valence-electron chi connectivity index (χ1n) is 4.63. The molecule has 0 saturated carbocycles. The van der Waals surface area contributed by atoms with E-state index in [-0.39, 0.29) is 18.4 Å². The van der Waals surface area contributed by atoms with Crippen LogP contribution < -0.4 is 5.32 Å². The van der Waals surface area contributed by atoms with Crippen LogP contribution >= 0.6 is 0 Å². The average molecular weight is 202 g/mol. The van der Waals surface area contributed by atoms with E-state index in [2.05, 4.69) is 10.1 Å². The standard InChI is InChI=1S/C9H18N2O3/c1-4-11(7-9(13)14-3)6-5-8(12)10-2/h4-7H2,1-3H3,(H,10,12). The summed E-state index contributed by atoms with van der Waals surface area (Å²) in [5.41, 5.74) is 0. The van der Waals surface area contributed by atoms with Crippen molar-refractivity contribution >= 4 is 11.9 Å². The molecule has 0 aromatic rings. The van der Waals surface area contributed by atoms with Crippen molar-refractivity contribution in [3.05, 3.63) is 0 Å². The summed E-state index contributed by atoms with van der Waals surface area (Å²) in [6.07, 6.45) is 0.404. The van der Waals surface area contributed by atoms with Crippen molar-refractivity contribution in [2.24, 2.45) is 0 Å². The molecule has 0 aliphatic heterocycles. The molecule has 82 valence electrons. The predicted molar refractivity (Wildman–Crippen MR) is 52.8 cm³/mol. The van der Waals surface area contributed by atoms with Gasteiger partial charge in [0.15, 0.2) is 0 Å². The van der Waals surface area contributed by atoms with E-state index >= 15 is 0 Å². The second-order valence-corrected chi connectivity index (χ2v) is 2.87. The second-order valence-electron chi connectivity index (χ2n) is 2.87. The van der Waals surface area contributed by atoms with E-state index in [4.69, 9.17) is 0 Å². The Kier molecular flexibility index (Phi) is 6.74. The summed E-state index contributed by atoms with van der Waals surface area (Å²) in [6, 6.07) is 0. The van der Waals surface area contributed by atoms with E-state index in [0.717, 1.165) is 6.54 Å². The number of rotatable bonds is 6. The molecule has 0 atom stereocenters. The van der Waals surface area contributed by atoms with Crippen molar-refractivity contribution in [1.82, 2.24) is 10.2 Å². The van der Waals surface area contributed by atoms with Gasteiger partial charge in [-0.05, 0) is 6.54 Å². The van der Waals surface area contributed by atoms with Gasteiger partial charge in [0, 0.05) is 20.0 Å². The summed E-state index contributed by atoms with van der Waals surface area (Å²) in [5.74, 6) is -0.294. The lowest BCUT2D eigenvalue weighted by Crippen LogP contribution is -2.33. The SMILES string of the molecule is CCN(CCC(=O)NC)CC(=O)OC. The number of likely N-dealkylation sites (N-methyl/N-ethyl adjacent to an activating group) is 1. The van der Waals surface area contributed by atoms with E-state index < -0.39 is 0 Å². The number of methoxy groups -OCH3 is 1. The number of hydrogen-bond donors (Lipinski definition) is 1. The summed E-state index contributed by atoms with van der Waals surface area (Å²) in [6.45, 7) is 3.48. The quantitative estimate of drug-likeness (QED) is 0.596. The largest absolute Gasteiger partial charge is 0.468 e. The molecule has 14 heavy (non-hydrogen) atoms. The Bertz CT molecular complexity index is 194. The zero-order valence-electron chi connectivity index (χ0n) is 9.00. The maximum atomic E-state index is 10.9. The molecule has 0 unspecified atom stereocenters. The second kappa shape index (κ2) is 7.32. The zero-order chi connectivity index (χ0) is 11.0. The van der Waals surface area contributed by atoms with Crippen LogP contribution in [0.2, 0.25) is 0 Å². The Hall–Kier alpha value is -1.10. The van der Waals surface area contributed by atoms with Gasteiger partial charge < -0.3 is 10.1 Å². The van der Waals surface area contributed by atoms with E-state index in [9.17, 15) is 9.59 Å². The van der Waals surface area contributed by atoms with Crippen molar-refractivity contribution in [3.63, 3.8) is 0 Å². The molecule has 1 amide bonds. The number of nitrogens with zero attached hydrogens (tertiary/aromatic N) is 1. The number of hydrogen-bond acceptors (Lipinski definition) is 4. The van der Waals surface area contributed by atoms with Gasteiger partial charge in [-0.1, -0.05) is 6.92 Å². The number of esters is 1. The molecule has 0 aliphatic rings. The van der Waals surface area contributed by atoms with Crippen molar-refractivity contribution in [2.75, 3.05) is 33.8 Å². The first-order valence-corrected chi connectivity index (χ1v) is 4.63. The van der Waals surface area contributed by atoms with Crippen LogP contribution in [0.25, 0.3) is 0 Å². The smallest absolute Gasteiger partial charge is 0.319 e.